The average Bonchev–Trinajstić information content (AvgIpc) is 2.87. The van der Waals surface area contributed by atoms with Gasteiger partial charge in [-0.15, -0.1) is 0 Å². The molecule has 0 aliphatic rings. The van der Waals surface area contributed by atoms with Crippen LogP contribution in [0.25, 0.3) is 0 Å². The van der Waals surface area contributed by atoms with Gasteiger partial charge in [-0.2, -0.15) is 5.10 Å². The molecule has 1 aromatic heterocycles. The van der Waals surface area contributed by atoms with E-state index < -0.39 is 0 Å². The maximum atomic E-state index is 13.0. The molecule has 0 atom stereocenters. The molecule has 0 aliphatic heterocycles. The van der Waals surface area contributed by atoms with Gasteiger partial charge < -0.3 is 10.6 Å². The van der Waals surface area contributed by atoms with Gasteiger partial charge >= 0.3 is 0 Å². The van der Waals surface area contributed by atoms with Gasteiger partial charge in [0.2, 0.25) is 0 Å². The topological polar surface area (TPSA) is 64.2 Å². The summed E-state index contributed by atoms with van der Waals surface area (Å²) in [7, 11) is 1.71. The molecule has 0 unspecified atom stereocenters. The fourth-order valence-electron chi connectivity index (χ4n) is 1.94. The highest BCUT2D eigenvalue weighted by Gasteiger charge is 2.19. The first-order chi connectivity index (χ1) is 9.63. The smallest absolute Gasteiger partial charge is 0.276 e. The highest BCUT2D eigenvalue weighted by atomic mass is 19.1. The molecule has 1 heterocycles. The van der Waals surface area contributed by atoms with E-state index in [4.69, 9.17) is 5.73 Å². The number of carbonyl (C=O) groups excluding carboxylic acids is 1. The largest absolute Gasteiger partial charge is 0.330 e. The number of rotatable bonds is 5. The molecule has 0 radical (unpaired) electrons. The molecule has 6 heteroatoms. The monoisotopic (exact) mass is 276 g/mol. The van der Waals surface area contributed by atoms with Gasteiger partial charge in [-0.25, -0.2) is 4.39 Å². The molecule has 0 saturated heterocycles. The fraction of sp³-hybridized carbons (Fsp3) is 0.286. The van der Waals surface area contributed by atoms with Gasteiger partial charge in [0, 0.05) is 25.5 Å². The van der Waals surface area contributed by atoms with Crippen LogP contribution in [0.5, 0.6) is 0 Å². The molecule has 0 aliphatic carbocycles. The summed E-state index contributed by atoms with van der Waals surface area (Å²) in [5, 5.41) is 3.99. The van der Waals surface area contributed by atoms with Crippen LogP contribution in [-0.2, 0) is 7.05 Å². The molecular weight excluding hydrogens is 259 g/mol. The third kappa shape index (κ3) is 3.03. The number of anilines is 1. The summed E-state index contributed by atoms with van der Waals surface area (Å²) in [5.74, 6) is -0.509. The second-order valence-corrected chi connectivity index (χ2v) is 4.42. The third-order valence-electron chi connectivity index (χ3n) is 3.01. The van der Waals surface area contributed by atoms with Crippen LogP contribution >= 0.6 is 0 Å². The molecule has 0 saturated carbocycles. The highest BCUT2D eigenvalue weighted by molar-refractivity contribution is 6.04. The zero-order chi connectivity index (χ0) is 14.5. The lowest BCUT2D eigenvalue weighted by molar-refractivity contribution is 0.0977. The van der Waals surface area contributed by atoms with E-state index in [0.717, 1.165) is 0 Å². The van der Waals surface area contributed by atoms with E-state index in [0.29, 0.717) is 30.9 Å². The second-order valence-electron chi connectivity index (χ2n) is 4.42. The molecular formula is C14H17FN4O. The number of hydrogen-bond donors (Lipinski definition) is 1. The summed E-state index contributed by atoms with van der Waals surface area (Å²) in [6.45, 7) is 0.961. The summed E-state index contributed by atoms with van der Waals surface area (Å²) < 4.78 is 14.5. The lowest BCUT2D eigenvalue weighted by Gasteiger charge is -2.22. The first-order valence-corrected chi connectivity index (χ1v) is 6.39. The van der Waals surface area contributed by atoms with E-state index in [9.17, 15) is 9.18 Å². The summed E-state index contributed by atoms with van der Waals surface area (Å²) in [5.41, 5.74) is 6.63. The molecule has 0 fully saturated rings. The molecule has 2 aromatic rings. The Morgan fingerprint density at radius 1 is 1.35 bits per heavy atom. The fourth-order valence-corrected chi connectivity index (χ4v) is 1.94. The zero-order valence-corrected chi connectivity index (χ0v) is 11.3. The molecule has 0 bridgehead atoms. The SMILES string of the molecule is Cn1nccc1C(=O)N(CCCN)c1ccc(F)cc1. The number of benzene rings is 1. The Bertz CT molecular complexity index is 579. The number of hydrogen-bond acceptors (Lipinski definition) is 3. The van der Waals surface area contributed by atoms with Crippen molar-refractivity contribution >= 4 is 11.6 Å². The lowest BCUT2D eigenvalue weighted by Crippen LogP contribution is -2.34. The van der Waals surface area contributed by atoms with Crippen molar-refractivity contribution in [3.63, 3.8) is 0 Å². The summed E-state index contributed by atoms with van der Waals surface area (Å²) in [6.07, 6.45) is 2.24. The van der Waals surface area contributed by atoms with Crippen molar-refractivity contribution in [2.24, 2.45) is 12.8 Å². The lowest BCUT2D eigenvalue weighted by atomic mass is 10.2. The molecule has 2 rings (SSSR count). The Kier molecular flexibility index (Phi) is 4.47. The van der Waals surface area contributed by atoms with Gasteiger partial charge in [0.1, 0.15) is 11.5 Å². The quantitative estimate of drug-likeness (QED) is 0.901. The minimum absolute atomic E-state index is 0.176. The molecule has 106 valence electrons. The third-order valence-corrected chi connectivity index (χ3v) is 3.01. The number of halogens is 1. The summed E-state index contributed by atoms with van der Waals surface area (Å²) in [6, 6.07) is 7.49. The predicted molar refractivity (Wildman–Crippen MR) is 75.0 cm³/mol. The minimum Gasteiger partial charge on any atom is -0.330 e. The van der Waals surface area contributed by atoms with Crippen LogP contribution in [0.3, 0.4) is 0 Å². The molecule has 0 spiro atoms. The van der Waals surface area contributed by atoms with Crippen LogP contribution in [-0.4, -0.2) is 28.8 Å². The average molecular weight is 276 g/mol. The van der Waals surface area contributed by atoms with Crippen molar-refractivity contribution in [1.82, 2.24) is 9.78 Å². The van der Waals surface area contributed by atoms with Crippen LogP contribution in [0.2, 0.25) is 0 Å². The molecule has 20 heavy (non-hydrogen) atoms. The Hall–Kier alpha value is -2.21. The van der Waals surface area contributed by atoms with Crippen LogP contribution in [0.1, 0.15) is 16.9 Å². The number of aromatic nitrogens is 2. The zero-order valence-electron chi connectivity index (χ0n) is 11.3. The molecule has 5 nitrogen and oxygen atoms in total. The van der Waals surface area contributed by atoms with E-state index in [-0.39, 0.29) is 11.7 Å². The van der Waals surface area contributed by atoms with E-state index in [2.05, 4.69) is 5.10 Å². The number of amides is 1. The van der Waals surface area contributed by atoms with Crippen LogP contribution in [0.4, 0.5) is 10.1 Å². The highest BCUT2D eigenvalue weighted by Crippen LogP contribution is 2.18. The van der Waals surface area contributed by atoms with Gasteiger partial charge in [0.15, 0.2) is 0 Å². The summed E-state index contributed by atoms with van der Waals surface area (Å²) >= 11 is 0. The number of nitrogens with two attached hydrogens (primary N) is 1. The van der Waals surface area contributed by atoms with Gasteiger partial charge in [-0.1, -0.05) is 0 Å². The molecule has 1 aromatic carbocycles. The van der Waals surface area contributed by atoms with Gasteiger partial charge in [0.25, 0.3) is 5.91 Å². The van der Waals surface area contributed by atoms with E-state index in [1.165, 1.54) is 16.8 Å². The van der Waals surface area contributed by atoms with Gasteiger partial charge in [-0.05, 0) is 43.3 Å². The Morgan fingerprint density at radius 2 is 2.05 bits per heavy atom. The van der Waals surface area contributed by atoms with Crippen molar-refractivity contribution in [3.8, 4) is 0 Å². The first-order valence-electron chi connectivity index (χ1n) is 6.39. The number of carbonyl (C=O) groups is 1. The standard InChI is InChI=1S/C14H17FN4O/c1-18-13(7-9-17-18)14(20)19(10-2-8-16)12-5-3-11(15)4-6-12/h3-7,9H,2,8,10,16H2,1H3. The van der Waals surface area contributed by atoms with E-state index >= 15 is 0 Å². The van der Waals surface area contributed by atoms with Crippen molar-refractivity contribution in [2.45, 2.75) is 6.42 Å². The van der Waals surface area contributed by atoms with Gasteiger partial charge in [0.05, 0.1) is 0 Å². The maximum Gasteiger partial charge on any atom is 0.276 e. The number of aryl methyl sites for hydroxylation is 1. The minimum atomic E-state index is -0.333. The van der Waals surface area contributed by atoms with Gasteiger partial charge in [-0.3, -0.25) is 9.48 Å². The van der Waals surface area contributed by atoms with Crippen molar-refractivity contribution < 1.29 is 9.18 Å². The Balaban J connectivity index is 2.30. The van der Waals surface area contributed by atoms with Crippen LogP contribution in [0.15, 0.2) is 36.5 Å². The van der Waals surface area contributed by atoms with Crippen molar-refractivity contribution in [3.05, 3.63) is 48.0 Å². The number of nitrogens with zero attached hydrogens (tertiary/aromatic N) is 3. The Morgan fingerprint density at radius 3 is 2.60 bits per heavy atom. The maximum absolute atomic E-state index is 13.0. The van der Waals surface area contributed by atoms with E-state index in [1.54, 1.807) is 36.3 Å². The normalized spacial score (nSPS) is 10.6. The van der Waals surface area contributed by atoms with Crippen LogP contribution in [0, 0.1) is 5.82 Å². The first kappa shape index (κ1) is 14.2. The Labute approximate surface area is 116 Å². The summed E-state index contributed by atoms with van der Waals surface area (Å²) in [4.78, 5) is 14.1. The van der Waals surface area contributed by atoms with E-state index in [1.807, 2.05) is 0 Å². The second kappa shape index (κ2) is 6.29. The molecule has 2 N–H and O–H groups in total. The van der Waals surface area contributed by atoms with Crippen LogP contribution < -0.4 is 10.6 Å². The van der Waals surface area contributed by atoms with Crippen molar-refractivity contribution in [1.29, 1.82) is 0 Å². The molecule has 1 amide bonds. The van der Waals surface area contributed by atoms with Crippen molar-refractivity contribution in [2.75, 3.05) is 18.0 Å². The predicted octanol–water partition coefficient (Wildman–Crippen LogP) is 1.55.